The standard InChI is InChI=1S/C16H24F3NO3/c1-10(2)15(14(22)23)6-7-20(9-15)13(21)11-4-3-5-12(8-11)16(17,18)19/h10-12H,3-9H2,1-2H3,(H,22,23). The average molecular weight is 335 g/mol. The van der Waals surface area contributed by atoms with E-state index in [1.165, 1.54) is 4.90 Å². The van der Waals surface area contributed by atoms with E-state index in [0.29, 0.717) is 25.8 Å². The molecule has 1 aliphatic heterocycles. The van der Waals surface area contributed by atoms with Crippen molar-refractivity contribution in [3.63, 3.8) is 0 Å². The van der Waals surface area contributed by atoms with Crippen molar-refractivity contribution >= 4 is 11.9 Å². The number of amides is 1. The Balaban J connectivity index is 2.06. The molecule has 2 rings (SSSR count). The largest absolute Gasteiger partial charge is 0.481 e. The highest BCUT2D eigenvalue weighted by molar-refractivity contribution is 5.82. The Morgan fingerprint density at radius 3 is 2.39 bits per heavy atom. The highest BCUT2D eigenvalue weighted by Crippen LogP contribution is 2.43. The molecular weight excluding hydrogens is 311 g/mol. The van der Waals surface area contributed by atoms with E-state index in [9.17, 15) is 27.9 Å². The van der Waals surface area contributed by atoms with Crippen LogP contribution in [0.5, 0.6) is 0 Å². The van der Waals surface area contributed by atoms with Crippen molar-refractivity contribution in [1.29, 1.82) is 0 Å². The van der Waals surface area contributed by atoms with E-state index in [1.54, 1.807) is 0 Å². The van der Waals surface area contributed by atoms with E-state index in [0.717, 1.165) is 0 Å². The molecule has 0 bridgehead atoms. The maximum Gasteiger partial charge on any atom is 0.391 e. The van der Waals surface area contributed by atoms with Crippen molar-refractivity contribution in [3.8, 4) is 0 Å². The number of hydrogen-bond acceptors (Lipinski definition) is 2. The summed E-state index contributed by atoms with van der Waals surface area (Å²) in [5.74, 6) is -3.41. The fourth-order valence-electron chi connectivity index (χ4n) is 3.88. The molecule has 3 unspecified atom stereocenters. The van der Waals surface area contributed by atoms with Crippen molar-refractivity contribution in [3.05, 3.63) is 0 Å². The van der Waals surface area contributed by atoms with Gasteiger partial charge in [-0.1, -0.05) is 20.3 Å². The molecule has 7 heteroatoms. The molecule has 3 atom stereocenters. The van der Waals surface area contributed by atoms with Crippen LogP contribution in [-0.2, 0) is 9.59 Å². The van der Waals surface area contributed by atoms with E-state index in [2.05, 4.69) is 0 Å². The molecule has 1 heterocycles. The molecule has 0 radical (unpaired) electrons. The number of hydrogen-bond donors (Lipinski definition) is 1. The van der Waals surface area contributed by atoms with Crippen LogP contribution in [0.4, 0.5) is 13.2 Å². The van der Waals surface area contributed by atoms with Gasteiger partial charge in [0.1, 0.15) is 0 Å². The zero-order chi connectivity index (χ0) is 17.4. The van der Waals surface area contributed by atoms with Crippen molar-refractivity contribution in [2.45, 2.75) is 52.1 Å². The summed E-state index contributed by atoms with van der Waals surface area (Å²) in [5, 5.41) is 9.51. The summed E-state index contributed by atoms with van der Waals surface area (Å²) in [4.78, 5) is 25.6. The van der Waals surface area contributed by atoms with Crippen LogP contribution in [0.25, 0.3) is 0 Å². The Hall–Kier alpha value is -1.27. The van der Waals surface area contributed by atoms with Crippen molar-refractivity contribution in [1.82, 2.24) is 4.90 Å². The summed E-state index contributed by atoms with van der Waals surface area (Å²) in [5.41, 5.74) is -0.978. The van der Waals surface area contributed by atoms with E-state index in [-0.39, 0.29) is 31.2 Å². The molecule has 2 fully saturated rings. The highest BCUT2D eigenvalue weighted by atomic mass is 19.4. The Bertz CT molecular complexity index is 478. The summed E-state index contributed by atoms with van der Waals surface area (Å²) < 4.78 is 38.7. The lowest BCUT2D eigenvalue weighted by Gasteiger charge is -2.33. The smallest absolute Gasteiger partial charge is 0.391 e. The minimum absolute atomic E-state index is 0.0817. The van der Waals surface area contributed by atoms with Gasteiger partial charge in [-0.25, -0.2) is 0 Å². The summed E-state index contributed by atoms with van der Waals surface area (Å²) >= 11 is 0. The lowest BCUT2D eigenvalue weighted by atomic mass is 9.76. The van der Waals surface area contributed by atoms with Crippen molar-refractivity contribution < 1.29 is 27.9 Å². The summed E-state index contributed by atoms with van der Waals surface area (Å²) in [6, 6.07) is 0. The van der Waals surface area contributed by atoms with Crippen LogP contribution < -0.4 is 0 Å². The molecule has 4 nitrogen and oxygen atoms in total. The summed E-state index contributed by atoms with van der Waals surface area (Å²) in [6.45, 7) is 4.04. The Morgan fingerprint density at radius 1 is 1.26 bits per heavy atom. The molecule has 1 amide bonds. The number of carboxylic acids is 1. The van der Waals surface area contributed by atoms with Crippen LogP contribution in [0, 0.1) is 23.2 Å². The van der Waals surface area contributed by atoms with Crippen LogP contribution in [0.3, 0.4) is 0 Å². The van der Waals surface area contributed by atoms with E-state index in [4.69, 9.17) is 0 Å². The number of rotatable bonds is 3. The molecule has 23 heavy (non-hydrogen) atoms. The Labute approximate surface area is 134 Å². The second-order valence-electron chi connectivity index (χ2n) is 7.23. The normalized spacial score (nSPS) is 32.3. The highest BCUT2D eigenvalue weighted by Gasteiger charge is 2.50. The predicted molar refractivity (Wildman–Crippen MR) is 77.6 cm³/mol. The monoisotopic (exact) mass is 335 g/mol. The van der Waals surface area contributed by atoms with Crippen molar-refractivity contribution in [2.24, 2.45) is 23.2 Å². The van der Waals surface area contributed by atoms with Gasteiger partial charge in [-0.15, -0.1) is 0 Å². The maximum atomic E-state index is 12.9. The minimum Gasteiger partial charge on any atom is -0.481 e. The minimum atomic E-state index is -4.26. The lowest BCUT2D eigenvalue weighted by Crippen LogP contribution is -2.43. The molecule has 1 aliphatic carbocycles. The molecule has 1 saturated heterocycles. The van der Waals surface area contributed by atoms with Crippen molar-refractivity contribution in [2.75, 3.05) is 13.1 Å². The number of likely N-dealkylation sites (tertiary alicyclic amines) is 1. The maximum absolute atomic E-state index is 12.9. The summed E-state index contributed by atoms with van der Waals surface area (Å²) in [7, 11) is 0. The number of nitrogens with zero attached hydrogens (tertiary/aromatic N) is 1. The van der Waals surface area contributed by atoms with Gasteiger partial charge in [-0.3, -0.25) is 9.59 Å². The van der Waals surface area contributed by atoms with Gasteiger partial charge >= 0.3 is 12.1 Å². The Morgan fingerprint density at radius 2 is 1.91 bits per heavy atom. The second kappa shape index (κ2) is 6.32. The van der Waals surface area contributed by atoms with Crippen LogP contribution in [0.2, 0.25) is 0 Å². The van der Waals surface area contributed by atoms with Crippen LogP contribution >= 0.6 is 0 Å². The molecule has 0 spiro atoms. The van der Waals surface area contributed by atoms with E-state index < -0.39 is 29.4 Å². The fourth-order valence-corrected chi connectivity index (χ4v) is 3.88. The lowest BCUT2D eigenvalue weighted by molar-refractivity contribution is -0.187. The van der Waals surface area contributed by atoms with E-state index >= 15 is 0 Å². The molecule has 1 saturated carbocycles. The predicted octanol–water partition coefficient (Wildman–Crippen LogP) is 3.31. The molecule has 132 valence electrons. The number of carboxylic acid groups (broad SMARTS) is 1. The SMILES string of the molecule is CC(C)C1(C(=O)O)CCN(C(=O)C2CCCC(C(F)(F)F)C2)C1. The van der Waals surface area contributed by atoms with Gasteiger partial charge in [0, 0.05) is 19.0 Å². The molecule has 0 aromatic rings. The fraction of sp³-hybridized carbons (Fsp3) is 0.875. The van der Waals surface area contributed by atoms with Crippen LogP contribution in [0.15, 0.2) is 0 Å². The third-order valence-corrected chi connectivity index (χ3v) is 5.63. The number of carbonyl (C=O) groups is 2. The first-order chi connectivity index (χ1) is 10.6. The molecule has 0 aromatic carbocycles. The van der Waals surface area contributed by atoms with Crippen LogP contribution in [0.1, 0.15) is 46.0 Å². The second-order valence-corrected chi connectivity index (χ2v) is 7.23. The number of carbonyl (C=O) groups excluding carboxylic acids is 1. The first-order valence-electron chi connectivity index (χ1n) is 8.17. The van der Waals surface area contributed by atoms with Gasteiger partial charge in [0.25, 0.3) is 0 Å². The quantitative estimate of drug-likeness (QED) is 0.861. The van der Waals surface area contributed by atoms with E-state index in [1.807, 2.05) is 13.8 Å². The third-order valence-electron chi connectivity index (χ3n) is 5.63. The van der Waals surface area contributed by atoms with Gasteiger partial charge in [0.05, 0.1) is 11.3 Å². The Kier molecular flexibility index (Phi) is 4.97. The zero-order valence-electron chi connectivity index (χ0n) is 13.5. The molecule has 1 N–H and O–H groups in total. The summed E-state index contributed by atoms with van der Waals surface area (Å²) in [6.07, 6.45) is -3.13. The number of halogens is 3. The number of alkyl halides is 3. The van der Waals surface area contributed by atoms with Crippen LogP contribution in [-0.4, -0.2) is 41.1 Å². The topological polar surface area (TPSA) is 57.6 Å². The first-order valence-corrected chi connectivity index (χ1v) is 8.17. The first kappa shape index (κ1) is 18.1. The van der Waals surface area contributed by atoms with Gasteiger partial charge in [-0.2, -0.15) is 13.2 Å². The number of aliphatic carboxylic acids is 1. The van der Waals surface area contributed by atoms with Gasteiger partial charge in [0.2, 0.25) is 5.91 Å². The zero-order valence-corrected chi connectivity index (χ0v) is 13.5. The van der Waals surface area contributed by atoms with Gasteiger partial charge in [0.15, 0.2) is 0 Å². The molecule has 0 aromatic heterocycles. The molecular formula is C16H24F3NO3. The average Bonchev–Trinajstić information content (AvgIpc) is 2.92. The van der Waals surface area contributed by atoms with Gasteiger partial charge in [-0.05, 0) is 31.6 Å². The van der Waals surface area contributed by atoms with Gasteiger partial charge < -0.3 is 10.0 Å². The molecule has 2 aliphatic rings. The third kappa shape index (κ3) is 3.48.